The van der Waals surface area contributed by atoms with Gasteiger partial charge in [-0.25, -0.2) is 0 Å². The van der Waals surface area contributed by atoms with E-state index in [4.69, 9.17) is 16.3 Å². The van der Waals surface area contributed by atoms with Crippen molar-refractivity contribution in [1.82, 2.24) is 0 Å². The Morgan fingerprint density at radius 3 is 2.47 bits per heavy atom. The van der Waals surface area contributed by atoms with Crippen molar-refractivity contribution in [2.75, 3.05) is 13.2 Å². The maximum absolute atomic E-state index is 6.39. The summed E-state index contributed by atoms with van der Waals surface area (Å²) in [7, 11) is 0. The fourth-order valence-electron chi connectivity index (χ4n) is 2.75. The summed E-state index contributed by atoms with van der Waals surface area (Å²) in [4.78, 5) is 0. The van der Waals surface area contributed by atoms with Gasteiger partial charge in [-0.3, -0.25) is 0 Å². The average molecular weight is 253 g/mol. The first-order valence-electron chi connectivity index (χ1n) is 6.36. The van der Waals surface area contributed by atoms with E-state index in [0.29, 0.717) is 5.92 Å². The lowest BCUT2D eigenvalue weighted by Crippen LogP contribution is -2.30. The zero-order valence-corrected chi connectivity index (χ0v) is 11.7. The molecule has 0 N–H and O–H groups in total. The van der Waals surface area contributed by atoms with E-state index in [2.05, 4.69) is 32.9 Å². The molecular formula is C15H21ClO. The fraction of sp³-hybridized carbons (Fsp3) is 0.600. The summed E-state index contributed by atoms with van der Waals surface area (Å²) in [5.74, 6) is 0.463. The summed E-state index contributed by atoms with van der Waals surface area (Å²) in [6.45, 7) is 8.17. The number of hydrogen-bond acceptors (Lipinski definition) is 1. The Morgan fingerprint density at radius 2 is 1.88 bits per heavy atom. The molecule has 0 saturated carbocycles. The molecule has 1 saturated heterocycles. The molecule has 0 radical (unpaired) electrons. The number of aryl methyl sites for hydroxylation is 3. The van der Waals surface area contributed by atoms with E-state index in [1.165, 1.54) is 22.3 Å². The quantitative estimate of drug-likeness (QED) is 0.728. The van der Waals surface area contributed by atoms with Crippen LogP contribution in [0.5, 0.6) is 0 Å². The van der Waals surface area contributed by atoms with Gasteiger partial charge >= 0.3 is 0 Å². The molecule has 1 aliphatic rings. The minimum atomic E-state index is 0.267. The highest BCUT2D eigenvalue weighted by atomic mass is 35.5. The lowest BCUT2D eigenvalue weighted by Gasteiger charge is -2.28. The molecule has 94 valence electrons. The number of halogens is 1. The van der Waals surface area contributed by atoms with Crippen LogP contribution >= 0.6 is 11.6 Å². The van der Waals surface area contributed by atoms with E-state index in [1.54, 1.807) is 0 Å². The second-order valence-corrected chi connectivity index (χ2v) is 5.78. The van der Waals surface area contributed by atoms with Gasteiger partial charge in [-0.05, 0) is 50.3 Å². The first-order chi connectivity index (χ1) is 8.08. The van der Waals surface area contributed by atoms with Crippen LogP contribution in [0.15, 0.2) is 12.1 Å². The van der Waals surface area contributed by atoms with Gasteiger partial charge in [0.05, 0.1) is 6.61 Å². The molecule has 2 atom stereocenters. The van der Waals surface area contributed by atoms with E-state index in [1.807, 2.05) is 0 Å². The Bertz CT molecular complexity index is 377. The molecule has 0 aromatic heterocycles. The number of rotatable bonds is 2. The van der Waals surface area contributed by atoms with E-state index in [-0.39, 0.29) is 5.38 Å². The Labute approximate surface area is 109 Å². The lowest BCUT2D eigenvalue weighted by atomic mass is 9.88. The van der Waals surface area contributed by atoms with Crippen molar-refractivity contribution in [3.8, 4) is 0 Å². The predicted octanol–water partition coefficient (Wildman–Crippen LogP) is 3.80. The third-order valence-electron chi connectivity index (χ3n) is 3.69. The minimum Gasteiger partial charge on any atom is -0.381 e. The maximum Gasteiger partial charge on any atom is 0.0511 e. The standard InChI is InChI=1S/C15H21ClO/c1-10-6-11(2)14(12(3)7-10)8-13-9-17-5-4-15(13)16/h6-7,13,15H,4-5,8-9H2,1-3H3. The number of alkyl halides is 1. The molecule has 1 aromatic rings. The van der Waals surface area contributed by atoms with Crippen molar-refractivity contribution < 1.29 is 4.74 Å². The fourth-order valence-corrected chi connectivity index (χ4v) is 3.00. The Kier molecular flexibility index (Phi) is 4.11. The molecule has 2 rings (SSSR count). The van der Waals surface area contributed by atoms with Gasteiger partial charge in [0, 0.05) is 17.9 Å². The Balaban J connectivity index is 2.17. The van der Waals surface area contributed by atoms with Crippen molar-refractivity contribution >= 4 is 11.6 Å². The molecule has 1 aliphatic heterocycles. The number of ether oxygens (including phenoxy) is 1. The van der Waals surface area contributed by atoms with Crippen LogP contribution in [0.25, 0.3) is 0 Å². The second kappa shape index (κ2) is 5.41. The highest BCUT2D eigenvalue weighted by Crippen LogP contribution is 2.27. The van der Waals surface area contributed by atoms with Crippen LogP contribution in [0, 0.1) is 26.7 Å². The van der Waals surface area contributed by atoms with Gasteiger partial charge in [-0.1, -0.05) is 17.7 Å². The first-order valence-corrected chi connectivity index (χ1v) is 6.80. The summed E-state index contributed by atoms with van der Waals surface area (Å²) in [5, 5.41) is 0.267. The van der Waals surface area contributed by atoms with Crippen LogP contribution < -0.4 is 0 Å². The Hall–Kier alpha value is -0.530. The molecule has 1 nitrogen and oxygen atoms in total. The van der Waals surface area contributed by atoms with E-state index in [0.717, 1.165) is 26.1 Å². The average Bonchev–Trinajstić information content (AvgIpc) is 2.25. The largest absolute Gasteiger partial charge is 0.381 e. The van der Waals surface area contributed by atoms with Crippen molar-refractivity contribution in [2.45, 2.75) is 39.0 Å². The van der Waals surface area contributed by atoms with E-state index in [9.17, 15) is 0 Å². The molecule has 0 bridgehead atoms. The van der Waals surface area contributed by atoms with Crippen LogP contribution in [0.3, 0.4) is 0 Å². The van der Waals surface area contributed by atoms with Gasteiger partial charge in [-0.15, -0.1) is 11.6 Å². The zero-order chi connectivity index (χ0) is 12.4. The molecule has 1 fully saturated rings. The van der Waals surface area contributed by atoms with Crippen LogP contribution in [0.1, 0.15) is 28.7 Å². The maximum atomic E-state index is 6.39. The molecule has 2 unspecified atom stereocenters. The molecule has 2 heteroatoms. The first kappa shape index (κ1) is 12.9. The number of benzene rings is 1. The molecule has 0 amide bonds. The third-order valence-corrected chi connectivity index (χ3v) is 4.26. The van der Waals surface area contributed by atoms with Gasteiger partial charge in [0.15, 0.2) is 0 Å². The number of hydrogen-bond donors (Lipinski definition) is 0. The highest BCUT2D eigenvalue weighted by molar-refractivity contribution is 6.20. The van der Waals surface area contributed by atoms with Crippen molar-refractivity contribution in [2.24, 2.45) is 5.92 Å². The summed E-state index contributed by atoms with van der Waals surface area (Å²) in [6.07, 6.45) is 2.03. The molecule has 0 spiro atoms. The second-order valence-electron chi connectivity index (χ2n) is 5.22. The monoisotopic (exact) mass is 252 g/mol. The molecule has 1 aromatic carbocycles. The van der Waals surface area contributed by atoms with Crippen molar-refractivity contribution in [3.63, 3.8) is 0 Å². The van der Waals surface area contributed by atoms with Crippen molar-refractivity contribution in [1.29, 1.82) is 0 Å². The van der Waals surface area contributed by atoms with E-state index < -0.39 is 0 Å². The van der Waals surface area contributed by atoms with E-state index >= 15 is 0 Å². The summed E-state index contributed by atoms with van der Waals surface area (Å²) in [6, 6.07) is 4.52. The summed E-state index contributed by atoms with van der Waals surface area (Å²) < 4.78 is 5.54. The van der Waals surface area contributed by atoms with Gasteiger partial charge in [0.25, 0.3) is 0 Å². The van der Waals surface area contributed by atoms with Gasteiger partial charge in [-0.2, -0.15) is 0 Å². The molecule has 0 aliphatic carbocycles. The normalized spacial score (nSPS) is 24.9. The Morgan fingerprint density at radius 1 is 1.24 bits per heavy atom. The van der Waals surface area contributed by atoms with Crippen LogP contribution in [0.4, 0.5) is 0 Å². The van der Waals surface area contributed by atoms with Gasteiger partial charge in [0.1, 0.15) is 0 Å². The van der Waals surface area contributed by atoms with Gasteiger partial charge < -0.3 is 4.74 Å². The third kappa shape index (κ3) is 3.02. The highest BCUT2D eigenvalue weighted by Gasteiger charge is 2.25. The molecule has 17 heavy (non-hydrogen) atoms. The topological polar surface area (TPSA) is 9.23 Å². The minimum absolute atomic E-state index is 0.267. The van der Waals surface area contributed by atoms with Crippen LogP contribution in [-0.2, 0) is 11.2 Å². The summed E-state index contributed by atoms with van der Waals surface area (Å²) in [5.41, 5.74) is 5.57. The van der Waals surface area contributed by atoms with Crippen molar-refractivity contribution in [3.05, 3.63) is 34.4 Å². The predicted molar refractivity (Wildman–Crippen MR) is 72.9 cm³/mol. The van der Waals surface area contributed by atoms with Gasteiger partial charge in [0.2, 0.25) is 0 Å². The SMILES string of the molecule is Cc1cc(C)c(CC2COCCC2Cl)c(C)c1. The lowest BCUT2D eigenvalue weighted by molar-refractivity contribution is 0.0577. The zero-order valence-electron chi connectivity index (χ0n) is 10.9. The van der Waals surface area contributed by atoms with Crippen LogP contribution in [-0.4, -0.2) is 18.6 Å². The molecule has 1 heterocycles. The summed E-state index contributed by atoms with van der Waals surface area (Å²) >= 11 is 6.39. The smallest absolute Gasteiger partial charge is 0.0511 e. The molecular weight excluding hydrogens is 232 g/mol. The van der Waals surface area contributed by atoms with Crippen LogP contribution in [0.2, 0.25) is 0 Å².